The first-order valence-corrected chi connectivity index (χ1v) is 9.99. The summed E-state index contributed by atoms with van der Waals surface area (Å²) in [5.74, 6) is 0.871. The molecule has 1 amide bonds. The molecule has 0 aliphatic carbocycles. The minimum atomic E-state index is -4.15. The highest BCUT2D eigenvalue weighted by Gasteiger charge is 2.34. The molecule has 0 bridgehead atoms. The van der Waals surface area contributed by atoms with Gasteiger partial charge in [-0.25, -0.2) is 0 Å². The largest absolute Gasteiger partial charge is 0.401 e. The summed E-state index contributed by atoms with van der Waals surface area (Å²) in [4.78, 5) is 19.9. The average Bonchev–Trinajstić information content (AvgIpc) is 2.90. The van der Waals surface area contributed by atoms with E-state index in [1.54, 1.807) is 0 Å². The maximum atomic E-state index is 12.5. The lowest BCUT2D eigenvalue weighted by Crippen LogP contribution is -2.45. The lowest BCUT2D eigenvalue weighted by Gasteiger charge is -2.21. The van der Waals surface area contributed by atoms with Gasteiger partial charge in [0.2, 0.25) is 5.91 Å². The Balaban J connectivity index is 0.00000392. The molecule has 28 heavy (non-hydrogen) atoms. The number of hydrogen-bond donors (Lipinski definition) is 2. The monoisotopic (exact) mass is 519 g/mol. The summed E-state index contributed by atoms with van der Waals surface area (Å²) in [5, 5.41) is 6.39. The first-order valence-electron chi connectivity index (χ1n) is 9.99. The zero-order valence-electron chi connectivity index (χ0n) is 16.6. The van der Waals surface area contributed by atoms with E-state index in [0.717, 1.165) is 32.2 Å². The Hall–Kier alpha value is -0.780. The van der Waals surface area contributed by atoms with Crippen LogP contribution in [-0.2, 0) is 4.79 Å². The van der Waals surface area contributed by atoms with Crippen LogP contribution in [0.4, 0.5) is 13.2 Å². The normalized spacial score (nSPS) is 22.0. The summed E-state index contributed by atoms with van der Waals surface area (Å²) in [7, 11) is 0. The minimum absolute atomic E-state index is 0. The molecular weight excluding hydrogens is 486 g/mol. The number of carbonyl (C=O) groups is 1. The van der Waals surface area contributed by atoms with E-state index >= 15 is 0 Å². The number of nitrogens with zero attached hydrogens (tertiary/aromatic N) is 3. The first-order chi connectivity index (χ1) is 12.9. The van der Waals surface area contributed by atoms with Crippen molar-refractivity contribution in [2.75, 3.05) is 45.8 Å². The topological polar surface area (TPSA) is 60.0 Å². The third kappa shape index (κ3) is 9.62. The Kier molecular flexibility index (Phi) is 11.5. The highest BCUT2D eigenvalue weighted by Crippen LogP contribution is 2.19. The molecule has 1 unspecified atom stereocenters. The predicted molar refractivity (Wildman–Crippen MR) is 115 cm³/mol. The van der Waals surface area contributed by atoms with Crippen LogP contribution in [0.1, 0.15) is 45.4 Å². The second-order valence-corrected chi connectivity index (χ2v) is 7.29. The molecule has 164 valence electrons. The summed E-state index contributed by atoms with van der Waals surface area (Å²) in [6, 6.07) is -0.0302. The van der Waals surface area contributed by atoms with Crippen molar-refractivity contribution in [3.05, 3.63) is 0 Å². The molecule has 0 radical (unpaired) electrons. The Morgan fingerprint density at radius 1 is 1.25 bits per heavy atom. The van der Waals surface area contributed by atoms with Crippen LogP contribution in [0, 0.1) is 0 Å². The van der Waals surface area contributed by atoms with E-state index in [-0.39, 0.29) is 35.9 Å². The van der Waals surface area contributed by atoms with Crippen molar-refractivity contribution in [3.8, 4) is 0 Å². The van der Waals surface area contributed by atoms with Gasteiger partial charge < -0.3 is 15.5 Å². The number of carbonyl (C=O) groups excluding carboxylic acids is 1. The quantitative estimate of drug-likeness (QED) is 0.235. The van der Waals surface area contributed by atoms with Crippen LogP contribution in [0.15, 0.2) is 4.99 Å². The molecule has 6 nitrogen and oxygen atoms in total. The van der Waals surface area contributed by atoms with Gasteiger partial charge in [-0.3, -0.25) is 14.7 Å². The fourth-order valence-electron chi connectivity index (χ4n) is 3.59. The molecule has 0 aromatic carbocycles. The van der Waals surface area contributed by atoms with E-state index in [9.17, 15) is 18.0 Å². The maximum absolute atomic E-state index is 12.5. The molecule has 2 fully saturated rings. The van der Waals surface area contributed by atoms with Gasteiger partial charge in [-0.1, -0.05) is 6.42 Å². The van der Waals surface area contributed by atoms with Crippen molar-refractivity contribution >= 4 is 35.8 Å². The van der Waals surface area contributed by atoms with Crippen LogP contribution in [0.25, 0.3) is 0 Å². The zero-order chi connectivity index (χ0) is 19.7. The maximum Gasteiger partial charge on any atom is 0.401 e. The number of rotatable bonds is 7. The summed E-state index contributed by atoms with van der Waals surface area (Å²) in [6.45, 7) is 4.72. The van der Waals surface area contributed by atoms with Crippen LogP contribution in [-0.4, -0.2) is 79.7 Å². The number of amides is 1. The molecule has 2 heterocycles. The van der Waals surface area contributed by atoms with Crippen LogP contribution in [0.3, 0.4) is 0 Å². The molecule has 0 aromatic rings. The minimum Gasteiger partial charge on any atom is -0.357 e. The number of guanidine groups is 1. The van der Waals surface area contributed by atoms with Gasteiger partial charge in [-0.05, 0) is 32.6 Å². The number of aliphatic imine (C=N–C) groups is 1. The van der Waals surface area contributed by atoms with Crippen LogP contribution in [0.5, 0.6) is 0 Å². The third-order valence-corrected chi connectivity index (χ3v) is 4.89. The van der Waals surface area contributed by atoms with E-state index in [1.165, 1.54) is 4.90 Å². The highest BCUT2D eigenvalue weighted by atomic mass is 127. The number of likely N-dealkylation sites (tertiary alicyclic amines) is 2. The van der Waals surface area contributed by atoms with Crippen molar-refractivity contribution in [2.45, 2.75) is 57.7 Å². The van der Waals surface area contributed by atoms with Gasteiger partial charge in [0, 0.05) is 51.7 Å². The summed E-state index contributed by atoms with van der Waals surface area (Å²) in [6.07, 6.45) is 1.10. The molecule has 2 saturated heterocycles. The number of nitrogens with one attached hydrogen (secondary N) is 2. The average molecular weight is 519 g/mol. The molecule has 10 heteroatoms. The molecular formula is C18H33F3IN5O. The van der Waals surface area contributed by atoms with Gasteiger partial charge in [0.1, 0.15) is 0 Å². The van der Waals surface area contributed by atoms with E-state index < -0.39 is 12.7 Å². The molecule has 2 aliphatic rings. The standard InChI is InChI=1S/C18H32F3N5O.HI/c1-2-22-17(24-15-8-12-25(13-15)14-18(19,20)21)23-9-6-11-26-10-5-3-4-7-16(26)27;/h15H,2-14H2,1H3,(H2,22,23,24);1H. The number of alkyl halides is 3. The van der Waals surface area contributed by atoms with E-state index in [1.807, 2.05) is 11.8 Å². The fourth-order valence-corrected chi connectivity index (χ4v) is 3.59. The number of halogens is 4. The SMILES string of the molecule is CCNC(=NCCCN1CCCCCC1=O)NC1CCN(CC(F)(F)F)C1.I. The molecule has 1 atom stereocenters. The summed E-state index contributed by atoms with van der Waals surface area (Å²) in [5.41, 5.74) is 0. The van der Waals surface area contributed by atoms with Crippen LogP contribution >= 0.6 is 24.0 Å². The van der Waals surface area contributed by atoms with E-state index in [4.69, 9.17) is 0 Å². The molecule has 0 aromatic heterocycles. The second-order valence-electron chi connectivity index (χ2n) is 7.29. The first kappa shape index (κ1) is 25.3. The molecule has 2 rings (SSSR count). The van der Waals surface area contributed by atoms with Crippen LogP contribution < -0.4 is 10.6 Å². The second kappa shape index (κ2) is 12.7. The van der Waals surface area contributed by atoms with Crippen molar-refractivity contribution in [3.63, 3.8) is 0 Å². The van der Waals surface area contributed by atoms with Crippen molar-refractivity contribution < 1.29 is 18.0 Å². The Labute approximate surface area is 182 Å². The van der Waals surface area contributed by atoms with Gasteiger partial charge in [-0.15, -0.1) is 24.0 Å². The van der Waals surface area contributed by atoms with Crippen molar-refractivity contribution in [2.24, 2.45) is 4.99 Å². The lowest BCUT2D eigenvalue weighted by molar-refractivity contribution is -0.143. The highest BCUT2D eigenvalue weighted by molar-refractivity contribution is 14.0. The smallest absolute Gasteiger partial charge is 0.357 e. The fraction of sp³-hybridized carbons (Fsp3) is 0.889. The van der Waals surface area contributed by atoms with Crippen molar-refractivity contribution in [1.29, 1.82) is 0 Å². The Morgan fingerprint density at radius 3 is 2.75 bits per heavy atom. The third-order valence-electron chi connectivity index (χ3n) is 4.89. The zero-order valence-corrected chi connectivity index (χ0v) is 18.9. The van der Waals surface area contributed by atoms with Gasteiger partial charge in [0.25, 0.3) is 0 Å². The Bertz CT molecular complexity index is 504. The Morgan fingerprint density at radius 2 is 2.04 bits per heavy atom. The number of hydrogen-bond acceptors (Lipinski definition) is 3. The predicted octanol–water partition coefficient (Wildman–Crippen LogP) is 2.59. The molecule has 2 aliphatic heterocycles. The molecule has 0 saturated carbocycles. The molecule has 2 N–H and O–H groups in total. The molecule has 0 spiro atoms. The van der Waals surface area contributed by atoms with E-state index in [2.05, 4.69) is 15.6 Å². The lowest BCUT2D eigenvalue weighted by atomic mass is 10.2. The van der Waals surface area contributed by atoms with Gasteiger partial charge in [-0.2, -0.15) is 13.2 Å². The van der Waals surface area contributed by atoms with E-state index in [0.29, 0.717) is 51.5 Å². The summed E-state index contributed by atoms with van der Waals surface area (Å²) < 4.78 is 37.5. The summed E-state index contributed by atoms with van der Waals surface area (Å²) >= 11 is 0. The van der Waals surface area contributed by atoms with Gasteiger partial charge in [0.15, 0.2) is 5.96 Å². The van der Waals surface area contributed by atoms with Gasteiger partial charge >= 0.3 is 6.18 Å². The van der Waals surface area contributed by atoms with Crippen molar-refractivity contribution in [1.82, 2.24) is 20.4 Å². The van der Waals surface area contributed by atoms with Crippen LogP contribution in [0.2, 0.25) is 0 Å². The van der Waals surface area contributed by atoms with Gasteiger partial charge in [0.05, 0.1) is 6.54 Å².